The van der Waals surface area contributed by atoms with Crippen LogP contribution in [-0.4, -0.2) is 24.4 Å². The van der Waals surface area contributed by atoms with Crippen LogP contribution in [0.15, 0.2) is 35.7 Å². The normalized spacial score (nSPS) is 14.2. The summed E-state index contributed by atoms with van der Waals surface area (Å²) in [5, 5.41) is 8.17. The highest BCUT2D eigenvalue weighted by Gasteiger charge is 2.22. The Balaban J connectivity index is 1.59. The van der Waals surface area contributed by atoms with Gasteiger partial charge in [-0.25, -0.2) is 0 Å². The van der Waals surface area contributed by atoms with Gasteiger partial charge in [-0.3, -0.25) is 9.59 Å². The first-order chi connectivity index (χ1) is 11.5. The number of carbonyl (C=O) groups is 2. The zero-order valence-electron chi connectivity index (χ0n) is 13.8. The van der Waals surface area contributed by atoms with E-state index in [1.807, 2.05) is 42.6 Å². The fraction of sp³-hybridized carbons (Fsp3) is 0.333. The third-order valence-electron chi connectivity index (χ3n) is 4.15. The number of rotatable bonds is 5. The third kappa shape index (κ3) is 3.59. The van der Waals surface area contributed by atoms with Crippen molar-refractivity contribution in [3.05, 3.63) is 46.2 Å². The summed E-state index contributed by atoms with van der Waals surface area (Å²) < 4.78 is 0. The molecule has 6 heteroatoms. The maximum atomic E-state index is 12.2. The first-order valence-corrected chi connectivity index (χ1v) is 8.90. The topological polar surface area (TPSA) is 61.4 Å². The second kappa shape index (κ2) is 7.05. The van der Waals surface area contributed by atoms with Crippen LogP contribution in [0.5, 0.6) is 0 Å². The largest absolute Gasteiger partial charge is 0.374 e. The summed E-state index contributed by atoms with van der Waals surface area (Å²) in [5.41, 5.74) is 3.02. The van der Waals surface area contributed by atoms with Crippen LogP contribution in [0.25, 0.3) is 0 Å². The Hall–Kier alpha value is -2.34. The summed E-state index contributed by atoms with van der Waals surface area (Å²) in [4.78, 5) is 26.7. The number of anilines is 2. The van der Waals surface area contributed by atoms with Gasteiger partial charge in [-0.2, -0.15) is 0 Å². The van der Waals surface area contributed by atoms with Gasteiger partial charge in [0.1, 0.15) is 6.04 Å². The van der Waals surface area contributed by atoms with Crippen molar-refractivity contribution in [2.24, 2.45) is 0 Å². The van der Waals surface area contributed by atoms with Crippen molar-refractivity contribution in [3.63, 3.8) is 0 Å². The molecule has 0 saturated heterocycles. The second-order valence-corrected chi connectivity index (χ2v) is 6.96. The summed E-state index contributed by atoms with van der Waals surface area (Å²) in [6.07, 6.45) is 0.851. The van der Waals surface area contributed by atoms with E-state index in [9.17, 15) is 9.59 Å². The van der Waals surface area contributed by atoms with E-state index in [2.05, 4.69) is 10.6 Å². The summed E-state index contributed by atoms with van der Waals surface area (Å²) >= 11 is 1.63. The maximum absolute atomic E-state index is 12.2. The number of amides is 2. The molecule has 3 rings (SSSR count). The zero-order chi connectivity index (χ0) is 17.1. The average molecular weight is 343 g/mol. The molecule has 1 aliphatic heterocycles. The number of benzene rings is 1. The molecule has 2 aromatic rings. The van der Waals surface area contributed by atoms with Crippen LogP contribution in [0.1, 0.15) is 24.3 Å². The summed E-state index contributed by atoms with van der Waals surface area (Å²) in [6.45, 7) is 4.71. The number of thiophene rings is 1. The van der Waals surface area contributed by atoms with Crippen molar-refractivity contribution in [3.8, 4) is 0 Å². The van der Waals surface area contributed by atoms with Gasteiger partial charge >= 0.3 is 0 Å². The molecule has 0 radical (unpaired) electrons. The predicted octanol–water partition coefficient (Wildman–Crippen LogP) is 2.77. The van der Waals surface area contributed by atoms with E-state index < -0.39 is 0 Å². The molecule has 24 heavy (non-hydrogen) atoms. The number of nitrogens with zero attached hydrogens (tertiary/aromatic N) is 1. The lowest BCUT2D eigenvalue weighted by Crippen LogP contribution is -2.37. The van der Waals surface area contributed by atoms with E-state index in [-0.39, 0.29) is 17.9 Å². The van der Waals surface area contributed by atoms with Gasteiger partial charge in [-0.05, 0) is 48.6 Å². The molecule has 0 saturated carbocycles. The van der Waals surface area contributed by atoms with Gasteiger partial charge in [0.15, 0.2) is 0 Å². The van der Waals surface area contributed by atoms with E-state index in [4.69, 9.17) is 0 Å². The van der Waals surface area contributed by atoms with Gasteiger partial charge < -0.3 is 15.5 Å². The number of hydrogen-bond acceptors (Lipinski definition) is 4. The van der Waals surface area contributed by atoms with Crippen molar-refractivity contribution >= 4 is 34.5 Å². The number of carbonyl (C=O) groups excluding carboxylic acids is 2. The number of nitrogens with one attached hydrogen (secondary N) is 2. The van der Waals surface area contributed by atoms with Crippen molar-refractivity contribution < 1.29 is 9.59 Å². The lowest BCUT2D eigenvalue weighted by molar-refractivity contribution is -0.121. The SMILES string of the molecule is CC(=O)N1CCc2cc(N[C@H](C)C(=O)NCc3cccs3)ccc21. The number of fused-ring (bicyclic) bond motifs is 1. The molecule has 1 aromatic carbocycles. The van der Waals surface area contributed by atoms with Crippen molar-refractivity contribution in [1.29, 1.82) is 0 Å². The maximum Gasteiger partial charge on any atom is 0.242 e. The molecule has 1 aromatic heterocycles. The molecule has 2 heterocycles. The summed E-state index contributed by atoms with van der Waals surface area (Å²) in [5.74, 6) is 0.0324. The Labute approximate surface area is 145 Å². The first-order valence-electron chi connectivity index (χ1n) is 8.02. The molecule has 0 fully saturated rings. The van der Waals surface area contributed by atoms with Crippen LogP contribution < -0.4 is 15.5 Å². The molecule has 126 valence electrons. The molecule has 2 amide bonds. The van der Waals surface area contributed by atoms with Gasteiger partial charge in [0.25, 0.3) is 0 Å². The van der Waals surface area contributed by atoms with Crippen LogP contribution in [-0.2, 0) is 22.6 Å². The molecule has 1 atom stereocenters. The highest BCUT2D eigenvalue weighted by molar-refractivity contribution is 7.09. The minimum atomic E-state index is -0.326. The molecular formula is C18H21N3O2S. The Bertz CT molecular complexity index is 743. The lowest BCUT2D eigenvalue weighted by Gasteiger charge is -2.17. The lowest BCUT2D eigenvalue weighted by atomic mass is 10.1. The van der Waals surface area contributed by atoms with Crippen LogP contribution >= 0.6 is 11.3 Å². The van der Waals surface area contributed by atoms with Gasteiger partial charge in [0, 0.05) is 29.7 Å². The van der Waals surface area contributed by atoms with E-state index in [1.165, 1.54) is 0 Å². The van der Waals surface area contributed by atoms with Crippen LogP contribution in [0.4, 0.5) is 11.4 Å². The molecule has 0 aliphatic carbocycles. The fourth-order valence-electron chi connectivity index (χ4n) is 2.87. The summed E-state index contributed by atoms with van der Waals surface area (Å²) in [7, 11) is 0. The van der Waals surface area contributed by atoms with Crippen molar-refractivity contribution in [2.75, 3.05) is 16.8 Å². The Kier molecular flexibility index (Phi) is 4.85. The van der Waals surface area contributed by atoms with Crippen molar-refractivity contribution in [1.82, 2.24) is 5.32 Å². The molecule has 1 aliphatic rings. The van der Waals surface area contributed by atoms with E-state index >= 15 is 0 Å². The Morgan fingerprint density at radius 1 is 1.33 bits per heavy atom. The Morgan fingerprint density at radius 3 is 2.88 bits per heavy atom. The predicted molar refractivity (Wildman–Crippen MR) is 97.4 cm³/mol. The Morgan fingerprint density at radius 2 is 2.17 bits per heavy atom. The molecule has 0 spiro atoms. The summed E-state index contributed by atoms with van der Waals surface area (Å²) in [6, 6.07) is 9.55. The van der Waals surface area contributed by atoms with Crippen LogP contribution in [0, 0.1) is 0 Å². The van der Waals surface area contributed by atoms with Gasteiger partial charge in [-0.1, -0.05) is 6.07 Å². The minimum absolute atomic E-state index is 0.0331. The average Bonchev–Trinajstić information content (AvgIpc) is 3.21. The van der Waals surface area contributed by atoms with Crippen LogP contribution in [0.3, 0.4) is 0 Å². The van der Waals surface area contributed by atoms with Gasteiger partial charge in [0.05, 0.1) is 6.54 Å². The van der Waals surface area contributed by atoms with Gasteiger partial charge in [-0.15, -0.1) is 11.3 Å². The highest BCUT2D eigenvalue weighted by Crippen LogP contribution is 2.30. The molecule has 0 unspecified atom stereocenters. The first kappa shape index (κ1) is 16.5. The smallest absolute Gasteiger partial charge is 0.242 e. The zero-order valence-corrected chi connectivity index (χ0v) is 14.7. The molecule has 5 nitrogen and oxygen atoms in total. The fourth-order valence-corrected chi connectivity index (χ4v) is 3.52. The molecule has 0 bridgehead atoms. The van der Waals surface area contributed by atoms with Crippen molar-refractivity contribution in [2.45, 2.75) is 32.9 Å². The standard InChI is InChI=1S/C18H21N3O2S/c1-12(18(23)19-11-16-4-3-9-24-16)20-15-5-6-17-14(10-15)7-8-21(17)13(2)22/h3-6,9-10,12,20H,7-8,11H2,1-2H3,(H,19,23)/t12-/m1/s1. The molecular weight excluding hydrogens is 322 g/mol. The monoisotopic (exact) mass is 343 g/mol. The number of hydrogen-bond donors (Lipinski definition) is 2. The highest BCUT2D eigenvalue weighted by atomic mass is 32.1. The van der Waals surface area contributed by atoms with E-state index in [0.717, 1.165) is 34.8 Å². The van der Waals surface area contributed by atoms with Gasteiger partial charge in [0.2, 0.25) is 11.8 Å². The second-order valence-electron chi connectivity index (χ2n) is 5.93. The third-order valence-corrected chi connectivity index (χ3v) is 5.02. The van der Waals surface area contributed by atoms with E-state index in [0.29, 0.717) is 6.54 Å². The molecule has 2 N–H and O–H groups in total. The minimum Gasteiger partial charge on any atom is -0.374 e. The van der Waals surface area contributed by atoms with Crippen LogP contribution in [0.2, 0.25) is 0 Å². The van der Waals surface area contributed by atoms with E-state index in [1.54, 1.807) is 23.2 Å². The quantitative estimate of drug-likeness (QED) is 0.877.